The summed E-state index contributed by atoms with van der Waals surface area (Å²) in [6.45, 7) is 4.43. The third-order valence-electron chi connectivity index (χ3n) is 3.16. The summed E-state index contributed by atoms with van der Waals surface area (Å²) >= 11 is 0. The van der Waals surface area contributed by atoms with Crippen molar-refractivity contribution in [2.45, 2.75) is 6.04 Å². The maximum absolute atomic E-state index is 9.45. The highest BCUT2D eigenvalue weighted by atomic mass is 16.3. The van der Waals surface area contributed by atoms with Crippen molar-refractivity contribution in [3.8, 4) is 0 Å². The smallest absolute Gasteiger partial charge is 0.0629 e. The van der Waals surface area contributed by atoms with Gasteiger partial charge in [0, 0.05) is 38.6 Å². The molecule has 2 rings (SSSR count). The maximum atomic E-state index is 9.45. The third-order valence-corrected chi connectivity index (χ3v) is 3.16. The fourth-order valence-corrected chi connectivity index (χ4v) is 2.11. The van der Waals surface area contributed by atoms with Crippen LogP contribution in [-0.4, -0.2) is 59.7 Å². The van der Waals surface area contributed by atoms with E-state index in [0.29, 0.717) is 0 Å². The Balaban J connectivity index is 2.01. The second kappa shape index (κ2) is 4.79. The van der Waals surface area contributed by atoms with Crippen LogP contribution in [0.4, 0.5) is 0 Å². The van der Waals surface area contributed by atoms with Crippen LogP contribution in [0.15, 0.2) is 18.5 Å². The molecule has 2 heterocycles. The summed E-state index contributed by atoms with van der Waals surface area (Å²) in [5.41, 5.74) is 1.18. The van der Waals surface area contributed by atoms with Crippen LogP contribution < -0.4 is 0 Å². The van der Waals surface area contributed by atoms with Crippen molar-refractivity contribution in [3.63, 3.8) is 0 Å². The fourth-order valence-electron chi connectivity index (χ4n) is 2.11. The molecule has 1 unspecified atom stereocenters. The summed E-state index contributed by atoms with van der Waals surface area (Å²) < 4.78 is 0. The Hall–Kier alpha value is -0.840. The first kappa shape index (κ1) is 10.7. The average molecular weight is 209 g/mol. The zero-order valence-corrected chi connectivity index (χ0v) is 9.19. The van der Waals surface area contributed by atoms with Gasteiger partial charge in [-0.3, -0.25) is 4.90 Å². The van der Waals surface area contributed by atoms with Crippen molar-refractivity contribution < 1.29 is 5.11 Å². The highest BCUT2D eigenvalue weighted by molar-refractivity contribution is 5.14. The average Bonchev–Trinajstić information content (AvgIpc) is 2.75. The molecular weight excluding hydrogens is 190 g/mol. The zero-order chi connectivity index (χ0) is 10.7. The number of aliphatic hydroxyl groups is 1. The predicted molar refractivity (Wildman–Crippen MR) is 59.7 cm³/mol. The lowest BCUT2D eigenvalue weighted by atomic mass is 10.1. The third kappa shape index (κ3) is 2.40. The molecule has 0 bridgehead atoms. The molecule has 1 atom stereocenters. The normalized spacial score (nSPS) is 21.7. The molecule has 0 aromatic carbocycles. The molecule has 1 saturated heterocycles. The Morgan fingerprint density at radius 3 is 2.67 bits per heavy atom. The van der Waals surface area contributed by atoms with Crippen LogP contribution in [0.25, 0.3) is 0 Å². The SMILES string of the molecule is CN1CCN(C(CO)c2cc[nH]c2)CC1. The number of aliphatic hydroxyl groups excluding tert-OH is 1. The monoisotopic (exact) mass is 209 g/mol. The molecular formula is C11H19N3O. The van der Waals surface area contributed by atoms with Gasteiger partial charge in [0.25, 0.3) is 0 Å². The first-order valence-electron chi connectivity index (χ1n) is 5.47. The van der Waals surface area contributed by atoms with Gasteiger partial charge >= 0.3 is 0 Å². The van der Waals surface area contributed by atoms with E-state index in [9.17, 15) is 5.11 Å². The van der Waals surface area contributed by atoms with Crippen LogP contribution in [0.3, 0.4) is 0 Å². The molecule has 1 aromatic rings. The van der Waals surface area contributed by atoms with Crippen molar-refractivity contribution in [3.05, 3.63) is 24.0 Å². The highest BCUT2D eigenvalue weighted by Crippen LogP contribution is 2.20. The number of aromatic nitrogens is 1. The van der Waals surface area contributed by atoms with Crippen molar-refractivity contribution in [2.24, 2.45) is 0 Å². The van der Waals surface area contributed by atoms with E-state index in [-0.39, 0.29) is 12.6 Å². The predicted octanol–water partition coefficient (Wildman–Crippen LogP) is 0.295. The minimum atomic E-state index is 0.157. The van der Waals surface area contributed by atoms with Gasteiger partial charge in [0.1, 0.15) is 0 Å². The second-order valence-corrected chi connectivity index (χ2v) is 4.18. The second-order valence-electron chi connectivity index (χ2n) is 4.18. The lowest BCUT2D eigenvalue weighted by Gasteiger charge is -2.37. The Kier molecular flexibility index (Phi) is 3.41. The largest absolute Gasteiger partial charge is 0.394 e. The minimum Gasteiger partial charge on any atom is -0.394 e. The number of nitrogens with one attached hydrogen (secondary N) is 1. The van der Waals surface area contributed by atoms with E-state index >= 15 is 0 Å². The molecule has 4 heteroatoms. The van der Waals surface area contributed by atoms with Gasteiger partial charge in [0.05, 0.1) is 12.6 Å². The number of rotatable bonds is 3. The van der Waals surface area contributed by atoms with Gasteiger partial charge in [-0.1, -0.05) is 0 Å². The number of H-pyrrole nitrogens is 1. The van der Waals surface area contributed by atoms with Crippen LogP contribution in [0.1, 0.15) is 11.6 Å². The van der Waals surface area contributed by atoms with Gasteiger partial charge in [-0.25, -0.2) is 0 Å². The van der Waals surface area contributed by atoms with E-state index in [1.54, 1.807) is 0 Å². The molecule has 0 aliphatic carbocycles. The Bertz CT molecular complexity index is 278. The zero-order valence-electron chi connectivity index (χ0n) is 9.19. The molecule has 15 heavy (non-hydrogen) atoms. The first-order chi connectivity index (χ1) is 7.31. The molecule has 0 radical (unpaired) electrons. The first-order valence-corrected chi connectivity index (χ1v) is 5.47. The van der Waals surface area contributed by atoms with Gasteiger partial charge < -0.3 is 15.0 Å². The molecule has 1 aliphatic heterocycles. The van der Waals surface area contributed by atoms with Crippen LogP contribution in [0, 0.1) is 0 Å². The number of hydrogen-bond donors (Lipinski definition) is 2. The molecule has 0 saturated carbocycles. The number of piperazine rings is 1. The van der Waals surface area contributed by atoms with E-state index < -0.39 is 0 Å². The van der Waals surface area contributed by atoms with Gasteiger partial charge in [0.2, 0.25) is 0 Å². The molecule has 4 nitrogen and oxygen atoms in total. The van der Waals surface area contributed by atoms with E-state index in [2.05, 4.69) is 21.8 Å². The molecule has 1 aromatic heterocycles. The molecule has 84 valence electrons. The van der Waals surface area contributed by atoms with E-state index in [1.807, 2.05) is 18.5 Å². The fraction of sp³-hybridized carbons (Fsp3) is 0.636. The summed E-state index contributed by atoms with van der Waals surface area (Å²) in [5, 5.41) is 9.45. The molecule has 0 spiro atoms. The number of hydrogen-bond acceptors (Lipinski definition) is 3. The molecule has 1 aliphatic rings. The number of nitrogens with zero attached hydrogens (tertiary/aromatic N) is 2. The topological polar surface area (TPSA) is 42.5 Å². The Labute approximate surface area is 90.5 Å². The highest BCUT2D eigenvalue weighted by Gasteiger charge is 2.23. The molecule has 1 fully saturated rings. The molecule has 2 N–H and O–H groups in total. The van der Waals surface area contributed by atoms with Crippen molar-refractivity contribution in [2.75, 3.05) is 39.8 Å². The number of likely N-dealkylation sites (N-methyl/N-ethyl adjacent to an activating group) is 1. The van der Waals surface area contributed by atoms with Crippen molar-refractivity contribution in [1.82, 2.24) is 14.8 Å². The van der Waals surface area contributed by atoms with Gasteiger partial charge in [-0.05, 0) is 18.7 Å². The quantitative estimate of drug-likeness (QED) is 0.752. The standard InChI is InChI=1S/C11H19N3O/c1-13-4-6-14(7-5-13)11(9-15)10-2-3-12-8-10/h2-3,8,11-12,15H,4-7,9H2,1H3. The van der Waals surface area contributed by atoms with Crippen LogP contribution in [0.5, 0.6) is 0 Å². The molecule has 0 amide bonds. The summed E-state index contributed by atoms with van der Waals surface area (Å²) in [6.07, 6.45) is 3.88. The lowest BCUT2D eigenvalue weighted by molar-refractivity contribution is 0.0749. The van der Waals surface area contributed by atoms with Gasteiger partial charge in [-0.15, -0.1) is 0 Å². The van der Waals surface area contributed by atoms with Gasteiger partial charge in [0.15, 0.2) is 0 Å². The van der Waals surface area contributed by atoms with Crippen LogP contribution >= 0.6 is 0 Å². The number of aromatic amines is 1. The van der Waals surface area contributed by atoms with E-state index in [0.717, 1.165) is 26.2 Å². The summed E-state index contributed by atoms with van der Waals surface area (Å²) in [7, 11) is 2.14. The minimum absolute atomic E-state index is 0.157. The van der Waals surface area contributed by atoms with Gasteiger partial charge in [-0.2, -0.15) is 0 Å². The maximum Gasteiger partial charge on any atom is 0.0629 e. The van der Waals surface area contributed by atoms with Crippen LogP contribution in [0.2, 0.25) is 0 Å². The van der Waals surface area contributed by atoms with Crippen molar-refractivity contribution in [1.29, 1.82) is 0 Å². The Morgan fingerprint density at radius 2 is 2.13 bits per heavy atom. The van der Waals surface area contributed by atoms with E-state index in [4.69, 9.17) is 0 Å². The van der Waals surface area contributed by atoms with Crippen LogP contribution in [-0.2, 0) is 0 Å². The van der Waals surface area contributed by atoms with Crippen molar-refractivity contribution >= 4 is 0 Å². The summed E-state index contributed by atoms with van der Waals surface area (Å²) in [6, 6.07) is 2.20. The van der Waals surface area contributed by atoms with E-state index in [1.165, 1.54) is 5.56 Å². The summed E-state index contributed by atoms with van der Waals surface area (Å²) in [5.74, 6) is 0. The Morgan fingerprint density at radius 1 is 1.40 bits per heavy atom. The summed E-state index contributed by atoms with van der Waals surface area (Å²) in [4.78, 5) is 7.72. The lowest BCUT2D eigenvalue weighted by Crippen LogP contribution is -2.46.